The Bertz CT molecular complexity index is 679. The molecular formula is C12H14BrN5OS. The largest absolute Gasteiger partial charge is 0.344 e. The molecule has 0 unspecified atom stereocenters. The number of nitrogens with one attached hydrogen (secondary N) is 1. The summed E-state index contributed by atoms with van der Waals surface area (Å²) in [4.78, 5) is 20.6. The van der Waals surface area contributed by atoms with Crippen LogP contribution in [0.2, 0.25) is 0 Å². The van der Waals surface area contributed by atoms with Crippen molar-refractivity contribution in [2.75, 3.05) is 0 Å². The van der Waals surface area contributed by atoms with Crippen molar-refractivity contribution in [3.63, 3.8) is 0 Å². The molecule has 0 amide bonds. The van der Waals surface area contributed by atoms with Gasteiger partial charge < -0.3 is 0 Å². The lowest BCUT2D eigenvalue weighted by Crippen LogP contribution is -2.16. The lowest BCUT2D eigenvalue weighted by atomic mass is 10.3. The number of halogens is 1. The van der Waals surface area contributed by atoms with E-state index in [1.165, 1.54) is 11.8 Å². The van der Waals surface area contributed by atoms with Gasteiger partial charge in [0.25, 0.3) is 0 Å². The fourth-order valence-corrected chi connectivity index (χ4v) is 3.44. The first kappa shape index (κ1) is 13.8. The first-order valence-electron chi connectivity index (χ1n) is 6.55. The van der Waals surface area contributed by atoms with Crippen LogP contribution in [0.5, 0.6) is 0 Å². The quantitative estimate of drug-likeness (QED) is 0.834. The molecule has 2 aromatic heterocycles. The molecule has 0 spiro atoms. The molecule has 0 aliphatic heterocycles. The van der Waals surface area contributed by atoms with Crippen LogP contribution >= 0.6 is 27.7 Å². The summed E-state index contributed by atoms with van der Waals surface area (Å²) in [6, 6.07) is 2.14. The Morgan fingerprint density at radius 2 is 2.30 bits per heavy atom. The smallest absolute Gasteiger partial charge is 0.267 e. The van der Waals surface area contributed by atoms with E-state index >= 15 is 0 Å². The summed E-state index contributed by atoms with van der Waals surface area (Å²) in [5.74, 6) is 0.806. The predicted octanol–water partition coefficient (Wildman–Crippen LogP) is 2.56. The second-order valence-electron chi connectivity index (χ2n) is 4.71. The van der Waals surface area contributed by atoms with Crippen LogP contribution in [0, 0.1) is 0 Å². The molecule has 2 aromatic rings. The molecule has 1 aliphatic rings. The van der Waals surface area contributed by atoms with Crippen LogP contribution in [0.1, 0.15) is 38.1 Å². The Labute approximate surface area is 128 Å². The summed E-state index contributed by atoms with van der Waals surface area (Å²) in [5.41, 5.74) is -0.142. The molecule has 1 saturated carbocycles. The number of hydrogen-bond donors (Lipinski definition) is 1. The number of rotatable bonds is 5. The minimum Gasteiger partial charge on any atom is -0.267 e. The van der Waals surface area contributed by atoms with E-state index < -0.39 is 0 Å². The Morgan fingerprint density at radius 3 is 3.00 bits per heavy atom. The maximum Gasteiger partial charge on any atom is 0.344 e. The average molecular weight is 356 g/mol. The van der Waals surface area contributed by atoms with Crippen molar-refractivity contribution < 1.29 is 0 Å². The van der Waals surface area contributed by atoms with Gasteiger partial charge >= 0.3 is 5.69 Å². The zero-order valence-electron chi connectivity index (χ0n) is 11.0. The molecule has 1 N–H and O–H groups in total. The van der Waals surface area contributed by atoms with Crippen molar-refractivity contribution in [1.82, 2.24) is 24.7 Å². The molecule has 0 atom stereocenters. The van der Waals surface area contributed by atoms with Crippen molar-refractivity contribution in [3.05, 3.63) is 27.0 Å². The van der Waals surface area contributed by atoms with E-state index in [2.05, 4.69) is 43.0 Å². The van der Waals surface area contributed by atoms with Crippen molar-refractivity contribution in [2.45, 2.75) is 48.8 Å². The van der Waals surface area contributed by atoms with Gasteiger partial charge in [-0.05, 0) is 47.0 Å². The standard InChI is InChI=1S/C12H14BrN5OS/c1-2-3-9-14-8(13)6-10(15-9)20-12-17-16-11(19)18(12)7-4-5-7/h6-7H,2-5H2,1H3,(H,16,19). The second-order valence-corrected chi connectivity index (χ2v) is 6.51. The Balaban J connectivity index is 1.89. The summed E-state index contributed by atoms with van der Waals surface area (Å²) < 4.78 is 2.48. The van der Waals surface area contributed by atoms with E-state index in [1.807, 2.05) is 6.07 Å². The third-order valence-electron chi connectivity index (χ3n) is 2.97. The Morgan fingerprint density at radius 1 is 1.50 bits per heavy atom. The van der Waals surface area contributed by atoms with Crippen LogP contribution in [-0.2, 0) is 6.42 Å². The molecule has 1 aliphatic carbocycles. The van der Waals surface area contributed by atoms with E-state index in [0.29, 0.717) is 11.2 Å². The third kappa shape index (κ3) is 2.95. The number of aromatic amines is 1. The van der Waals surface area contributed by atoms with Crippen LogP contribution < -0.4 is 5.69 Å². The molecule has 20 heavy (non-hydrogen) atoms. The first-order chi connectivity index (χ1) is 9.67. The lowest BCUT2D eigenvalue weighted by molar-refractivity contribution is 0.642. The van der Waals surface area contributed by atoms with Crippen LogP contribution in [-0.4, -0.2) is 24.7 Å². The van der Waals surface area contributed by atoms with Gasteiger partial charge in [-0.2, -0.15) is 0 Å². The SMILES string of the molecule is CCCc1nc(Br)cc(Sc2n[nH]c(=O)n2C2CC2)n1. The minimum absolute atomic E-state index is 0.142. The fraction of sp³-hybridized carbons (Fsp3) is 0.500. The van der Waals surface area contributed by atoms with E-state index in [0.717, 1.165) is 41.1 Å². The van der Waals surface area contributed by atoms with Gasteiger partial charge in [-0.3, -0.25) is 4.57 Å². The second kappa shape index (κ2) is 5.69. The maximum atomic E-state index is 11.7. The molecule has 2 heterocycles. The summed E-state index contributed by atoms with van der Waals surface area (Å²) >= 11 is 4.80. The molecule has 106 valence electrons. The highest BCUT2D eigenvalue weighted by molar-refractivity contribution is 9.10. The van der Waals surface area contributed by atoms with Gasteiger partial charge in [0.15, 0.2) is 5.16 Å². The highest BCUT2D eigenvalue weighted by Crippen LogP contribution is 2.37. The van der Waals surface area contributed by atoms with Crippen molar-refractivity contribution in [3.8, 4) is 0 Å². The summed E-state index contributed by atoms with van der Waals surface area (Å²) in [7, 11) is 0. The van der Waals surface area contributed by atoms with Crippen LogP contribution in [0.25, 0.3) is 0 Å². The highest BCUT2D eigenvalue weighted by Gasteiger charge is 2.29. The van der Waals surface area contributed by atoms with Gasteiger partial charge in [-0.1, -0.05) is 6.92 Å². The number of nitrogens with zero attached hydrogens (tertiary/aromatic N) is 4. The van der Waals surface area contributed by atoms with E-state index in [-0.39, 0.29) is 5.69 Å². The van der Waals surface area contributed by atoms with Crippen molar-refractivity contribution in [2.24, 2.45) is 0 Å². The number of aromatic nitrogens is 5. The monoisotopic (exact) mass is 355 g/mol. The summed E-state index contributed by atoms with van der Waals surface area (Å²) in [5, 5.41) is 8.08. The zero-order chi connectivity index (χ0) is 14.1. The van der Waals surface area contributed by atoms with Crippen molar-refractivity contribution in [1.29, 1.82) is 0 Å². The fourth-order valence-electron chi connectivity index (χ4n) is 1.94. The van der Waals surface area contributed by atoms with Crippen LogP contribution in [0.3, 0.4) is 0 Å². The van der Waals surface area contributed by atoms with E-state index in [1.54, 1.807) is 4.57 Å². The molecule has 1 fully saturated rings. The van der Waals surface area contributed by atoms with Gasteiger partial charge in [0.05, 0.1) is 0 Å². The zero-order valence-corrected chi connectivity index (χ0v) is 13.4. The van der Waals surface area contributed by atoms with Gasteiger partial charge in [0.1, 0.15) is 15.5 Å². The molecule has 0 bridgehead atoms. The molecule has 6 nitrogen and oxygen atoms in total. The van der Waals surface area contributed by atoms with Crippen LogP contribution in [0.4, 0.5) is 0 Å². The molecule has 0 saturated heterocycles. The minimum atomic E-state index is -0.142. The first-order valence-corrected chi connectivity index (χ1v) is 8.16. The number of aryl methyl sites for hydroxylation is 1. The van der Waals surface area contributed by atoms with Gasteiger partial charge in [0, 0.05) is 18.5 Å². The van der Waals surface area contributed by atoms with Crippen LogP contribution in [0.15, 0.2) is 25.6 Å². The number of hydrogen-bond acceptors (Lipinski definition) is 5. The van der Waals surface area contributed by atoms with Gasteiger partial charge in [-0.15, -0.1) is 5.10 Å². The van der Waals surface area contributed by atoms with Gasteiger partial charge in [-0.25, -0.2) is 19.9 Å². The van der Waals surface area contributed by atoms with Gasteiger partial charge in [0.2, 0.25) is 0 Å². The maximum absolute atomic E-state index is 11.7. The Hall–Kier alpha value is -1.15. The Kier molecular flexibility index (Phi) is 3.93. The number of H-pyrrole nitrogens is 1. The lowest BCUT2D eigenvalue weighted by Gasteiger charge is -2.05. The highest BCUT2D eigenvalue weighted by atomic mass is 79.9. The molecule has 3 rings (SSSR count). The normalized spacial score (nSPS) is 14.7. The molecule has 0 radical (unpaired) electrons. The summed E-state index contributed by atoms with van der Waals surface area (Å²) in [6.07, 6.45) is 3.92. The molecular weight excluding hydrogens is 342 g/mol. The summed E-state index contributed by atoms with van der Waals surface area (Å²) in [6.45, 7) is 2.09. The predicted molar refractivity (Wildman–Crippen MR) is 79.0 cm³/mol. The topological polar surface area (TPSA) is 76.5 Å². The molecule has 8 heteroatoms. The average Bonchev–Trinajstić information content (AvgIpc) is 3.15. The third-order valence-corrected chi connectivity index (χ3v) is 4.27. The van der Waals surface area contributed by atoms with E-state index in [9.17, 15) is 4.79 Å². The van der Waals surface area contributed by atoms with Crippen molar-refractivity contribution >= 4 is 27.7 Å². The molecule has 0 aromatic carbocycles. The van der Waals surface area contributed by atoms with E-state index in [4.69, 9.17) is 0 Å².